The molecule has 0 bridgehead atoms. The summed E-state index contributed by atoms with van der Waals surface area (Å²) in [5.41, 5.74) is 3.46. The van der Waals surface area contributed by atoms with Crippen molar-refractivity contribution in [3.8, 4) is 0 Å². The molecule has 0 aromatic heterocycles. The molecule has 0 saturated carbocycles. The fraction of sp³-hybridized carbons (Fsp3) is 0.364. The highest BCUT2D eigenvalue weighted by Crippen LogP contribution is 2.25. The fourth-order valence-corrected chi connectivity index (χ4v) is 1.55. The van der Waals surface area contributed by atoms with E-state index >= 15 is 0 Å². The van der Waals surface area contributed by atoms with Crippen molar-refractivity contribution in [3.05, 3.63) is 33.3 Å². The Morgan fingerprint density at radius 1 is 1.31 bits per heavy atom. The second-order valence-electron chi connectivity index (χ2n) is 3.39. The maximum absolute atomic E-state index is 10.6. The van der Waals surface area contributed by atoms with Gasteiger partial charge in [-0.05, 0) is 30.5 Å². The average molecular weight is 241 g/mol. The van der Waals surface area contributed by atoms with E-state index in [0.717, 1.165) is 16.3 Å². The van der Waals surface area contributed by atoms with Crippen molar-refractivity contribution in [2.24, 2.45) is 0 Å². The minimum Gasteiger partial charge on any atom is -0.303 e. The van der Waals surface area contributed by atoms with Gasteiger partial charge in [0.15, 0.2) is 0 Å². The average Bonchev–Trinajstić information content (AvgIpc) is 2.12. The smallest absolute Gasteiger partial charge is 0.127 e. The van der Waals surface area contributed by atoms with Gasteiger partial charge in [-0.15, -0.1) is 0 Å². The number of aldehydes is 1. The second-order valence-corrected chi connectivity index (χ2v) is 4.19. The topological polar surface area (TPSA) is 17.1 Å². The molecule has 2 heteroatoms. The van der Waals surface area contributed by atoms with Gasteiger partial charge >= 0.3 is 0 Å². The van der Waals surface area contributed by atoms with E-state index in [-0.39, 0.29) is 5.92 Å². The van der Waals surface area contributed by atoms with Crippen LogP contribution in [0.25, 0.3) is 0 Å². The molecule has 0 spiro atoms. The molecular formula is C11H13BrO. The van der Waals surface area contributed by atoms with Gasteiger partial charge in [0.05, 0.1) is 0 Å². The van der Waals surface area contributed by atoms with Crippen LogP contribution in [0.1, 0.15) is 29.5 Å². The van der Waals surface area contributed by atoms with Crippen LogP contribution in [-0.4, -0.2) is 6.29 Å². The van der Waals surface area contributed by atoms with Crippen molar-refractivity contribution in [1.29, 1.82) is 0 Å². The number of hydrogen-bond donors (Lipinski definition) is 0. The number of carbonyl (C=O) groups is 1. The molecule has 1 aromatic rings. The van der Waals surface area contributed by atoms with Crippen molar-refractivity contribution in [1.82, 2.24) is 0 Å². The van der Waals surface area contributed by atoms with Crippen molar-refractivity contribution in [2.75, 3.05) is 0 Å². The van der Waals surface area contributed by atoms with Gasteiger partial charge in [-0.1, -0.05) is 35.0 Å². The van der Waals surface area contributed by atoms with Gasteiger partial charge in [0.25, 0.3) is 0 Å². The summed E-state index contributed by atoms with van der Waals surface area (Å²) in [6.45, 7) is 5.99. The molecule has 0 N–H and O–H groups in total. The molecular weight excluding hydrogens is 228 g/mol. The van der Waals surface area contributed by atoms with E-state index in [1.807, 2.05) is 20.8 Å². The monoisotopic (exact) mass is 240 g/mol. The van der Waals surface area contributed by atoms with E-state index in [2.05, 4.69) is 28.1 Å². The van der Waals surface area contributed by atoms with Crippen LogP contribution in [0.2, 0.25) is 0 Å². The van der Waals surface area contributed by atoms with E-state index in [9.17, 15) is 4.79 Å². The zero-order valence-electron chi connectivity index (χ0n) is 8.10. The lowest BCUT2D eigenvalue weighted by molar-refractivity contribution is -0.108. The van der Waals surface area contributed by atoms with Gasteiger partial charge in [0.1, 0.15) is 6.29 Å². The Kier molecular flexibility index (Phi) is 3.26. The first-order valence-corrected chi connectivity index (χ1v) is 5.07. The predicted molar refractivity (Wildman–Crippen MR) is 58.1 cm³/mol. The van der Waals surface area contributed by atoms with E-state index in [1.54, 1.807) is 0 Å². The number of halogens is 1. The summed E-state index contributed by atoms with van der Waals surface area (Å²) in [7, 11) is 0. The van der Waals surface area contributed by atoms with Gasteiger partial charge in [0, 0.05) is 10.4 Å². The summed E-state index contributed by atoms with van der Waals surface area (Å²) < 4.78 is 1.13. The van der Waals surface area contributed by atoms with Crippen LogP contribution in [0, 0.1) is 13.8 Å². The van der Waals surface area contributed by atoms with Crippen LogP contribution in [0.15, 0.2) is 16.6 Å². The fourth-order valence-electron chi connectivity index (χ4n) is 1.32. The number of benzene rings is 1. The summed E-state index contributed by atoms with van der Waals surface area (Å²) in [6, 6.07) is 4.10. The minimum atomic E-state index is -0.00880. The molecule has 0 saturated heterocycles. The van der Waals surface area contributed by atoms with E-state index < -0.39 is 0 Å². The highest BCUT2D eigenvalue weighted by molar-refractivity contribution is 9.10. The Balaban J connectivity index is 3.20. The Morgan fingerprint density at radius 3 is 2.15 bits per heavy atom. The predicted octanol–water partition coefficient (Wildman–Crippen LogP) is 3.37. The van der Waals surface area contributed by atoms with Crippen molar-refractivity contribution in [3.63, 3.8) is 0 Å². The molecule has 0 radical (unpaired) electrons. The maximum Gasteiger partial charge on any atom is 0.127 e. The van der Waals surface area contributed by atoms with E-state index in [1.165, 1.54) is 11.1 Å². The van der Waals surface area contributed by atoms with Gasteiger partial charge in [0.2, 0.25) is 0 Å². The minimum absolute atomic E-state index is 0.00880. The summed E-state index contributed by atoms with van der Waals surface area (Å²) in [6.07, 6.45) is 0.974. The van der Waals surface area contributed by atoms with E-state index in [0.29, 0.717) is 0 Å². The Morgan fingerprint density at radius 2 is 1.77 bits per heavy atom. The summed E-state index contributed by atoms with van der Waals surface area (Å²) in [4.78, 5) is 10.6. The molecule has 1 rings (SSSR count). The lowest BCUT2D eigenvalue weighted by atomic mass is 9.98. The van der Waals surface area contributed by atoms with Crippen molar-refractivity contribution in [2.45, 2.75) is 26.7 Å². The van der Waals surface area contributed by atoms with Crippen molar-refractivity contribution >= 4 is 22.2 Å². The number of aryl methyl sites for hydroxylation is 2. The van der Waals surface area contributed by atoms with Gasteiger partial charge in [-0.2, -0.15) is 0 Å². The normalized spacial score (nSPS) is 12.6. The number of carbonyl (C=O) groups excluding carboxylic acids is 1. The first kappa shape index (κ1) is 10.5. The molecule has 70 valence electrons. The first-order valence-electron chi connectivity index (χ1n) is 4.28. The molecule has 1 atom stereocenters. The SMILES string of the molecule is Cc1cc(C(C)C=O)cc(C)c1Br. The van der Waals surface area contributed by atoms with Crippen LogP contribution in [0.3, 0.4) is 0 Å². The number of rotatable bonds is 2. The zero-order valence-corrected chi connectivity index (χ0v) is 9.68. The quantitative estimate of drug-likeness (QED) is 0.725. The van der Waals surface area contributed by atoms with Crippen LogP contribution < -0.4 is 0 Å². The molecule has 1 aromatic carbocycles. The Bertz CT molecular complexity index is 308. The summed E-state index contributed by atoms with van der Waals surface area (Å²) in [5.74, 6) is -0.00880. The first-order chi connectivity index (χ1) is 6.06. The molecule has 13 heavy (non-hydrogen) atoms. The third-order valence-corrected chi connectivity index (χ3v) is 3.44. The molecule has 0 aliphatic heterocycles. The molecule has 0 fully saturated rings. The largest absolute Gasteiger partial charge is 0.303 e. The standard InChI is InChI=1S/C11H13BrO/c1-7-4-10(9(3)6-13)5-8(2)11(7)12/h4-6,9H,1-3H3. The molecule has 1 unspecified atom stereocenters. The highest BCUT2D eigenvalue weighted by Gasteiger charge is 2.07. The highest BCUT2D eigenvalue weighted by atomic mass is 79.9. The van der Waals surface area contributed by atoms with E-state index in [4.69, 9.17) is 0 Å². The summed E-state index contributed by atoms with van der Waals surface area (Å²) in [5, 5.41) is 0. The van der Waals surface area contributed by atoms with Crippen molar-refractivity contribution < 1.29 is 4.79 Å². The van der Waals surface area contributed by atoms with Gasteiger partial charge in [-0.3, -0.25) is 0 Å². The van der Waals surface area contributed by atoms with Crippen LogP contribution >= 0.6 is 15.9 Å². The molecule has 1 nitrogen and oxygen atoms in total. The lowest BCUT2D eigenvalue weighted by Crippen LogP contribution is -1.96. The third kappa shape index (κ3) is 2.19. The van der Waals surface area contributed by atoms with Crippen LogP contribution in [0.5, 0.6) is 0 Å². The molecule has 0 aliphatic carbocycles. The molecule has 0 aliphatic rings. The van der Waals surface area contributed by atoms with Gasteiger partial charge in [-0.25, -0.2) is 0 Å². The van der Waals surface area contributed by atoms with Crippen LogP contribution in [-0.2, 0) is 4.79 Å². The second kappa shape index (κ2) is 4.05. The Labute approximate surface area is 87.3 Å². The lowest BCUT2D eigenvalue weighted by Gasteiger charge is -2.09. The summed E-state index contributed by atoms with van der Waals surface area (Å²) >= 11 is 3.50. The zero-order chi connectivity index (χ0) is 10.0. The van der Waals surface area contributed by atoms with Crippen LogP contribution in [0.4, 0.5) is 0 Å². The molecule has 0 heterocycles. The maximum atomic E-state index is 10.6. The van der Waals surface area contributed by atoms with Gasteiger partial charge < -0.3 is 4.79 Å². The number of hydrogen-bond acceptors (Lipinski definition) is 1. The Hall–Kier alpha value is -0.630. The molecule has 0 amide bonds. The third-order valence-electron chi connectivity index (χ3n) is 2.19.